The highest BCUT2D eigenvalue weighted by molar-refractivity contribution is 6.10. The number of aromatic nitrogens is 4. The first kappa shape index (κ1) is 33.4. The van der Waals surface area contributed by atoms with Crippen LogP contribution in [0.2, 0.25) is 0 Å². The fourth-order valence-electron chi connectivity index (χ4n) is 7.52. The summed E-state index contributed by atoms with van der Waals surface area (Å²) < 4.78 is 11.1. The van der Waals surface area contributed by atoms with E-state index in [2.05, 4.69) is 179 Å². The molecule has 0 saturated heterocycles. The number of rotatable bonds is 7. The van der Waals surface area contributed by atoms with Crippen LogP contribution in [0.25, 0.3) is 55.3 Å². The zero-order chi connectivity index (χ0) is 37.0. The number of ether oxygens (including phenoxy) is 1. The van der Waals surface area contributed by atoms with Crippen molar-refractivity contribution in [1.82, 2.24) is 19.3 Å². The second-order valence-electron chi connectivity index (χ2n) is 15.7. The second kappa shape index (κ2) is 12.9. The van der Waals surface area contributed by atoms with E-state index in [4.69, 9.17) is 14.8 Å². The Morgan fingerprint density at radius 3 is 2.07 bits per heavy atom. The molecule has 5 heteroatoms. The van der Waals surface area contributed by atoms with Crippen LogP contribution in [0.4, 0.5) is 0 Å². The molecule has 0 spiro atoms. The van der Waals surface area contributed by atoms with Crippen LogP contribution in [0, 0.1) is 0 Å². The summed E-state index contributed by atoms with van der Waals surface area (Å²) in [4.78, 5) is 4.93. The van der Waals surface area contributed by atoms with Crippen LogP contribution in [0.5, 0.6) is 11.5 Å². The van der Waals surface area contributed by atoms with Crippen LogP contribution in [-0.2, 0) is 10.8 Å². The first-order chi connectivity index (χ1) is 26.1. The van der Waals surface area contributed by atoms with Gasteiger partial charge in [0.2, 0.25) is 0 Å². The highest BCUT2D eigenvalue weighted by atomic mass is 16.5. The summed E-state index contributed by atoms with van der Waals surface area (Å²) in [6.07, 6.45) is 4.01. The Morgan fingerprint density at radius 1 is 0.537 bits per heavy atom. The largest absolute Gasteiger partial charge is 0.457 e. The summed E-state index contributed by atoms with van der Waals surface area (Å²) in [7, 11) is 0. The summed E-state index contributed by atoms with van der Waals surface area (Å²) in [5.74, 6) is 2.37. The standard InChI is InChI=1S/C49H42N4O/c1-48(2,3)37-24-25-50-47(29-37)53-45-23-20-34(33-14-8-6-9-15-33)26-43(45)42-22-21-40(31-46(42)53)54-41-28-38(49(4,5)36-17-10-7-11-18-36)27-39(30-41)52-32-35-16-12-13-19-44(35)51-52/h6-32H,1-5H3. The molecular weight excluding hydrogens is 661 g/mol. The molecule has 0 saturated carbocycles. The van der Waals surface area contributed by atoms with Crippen molar-refractivity contribution in [2.45, 2.75) is 45.4 Å². The predicted molar refractivity (Wildman–Crippen MR) is 222 cm³/mol. The minimum Gasteiger partial charge on any atom is -0.457 e. The van der Waals surface area contributed by atoms with Gasteiger partial charge in [0.05, 0.1) is 22.2 Å². The lowest BCUT2D eigenvalue weighted by Crippen LogP contribution is -2.19. The minimum atomic E-state index is -0.293. The third kappa shape index (κ3) is 6.02. The lowest BCUT2D eigenvalue weighted by atomic mass is 9.78. The molecule has 9 aromatic rings. The van der Waals surface area contributed by atoms with Crippen molar-refractivity contribution in [1.29, 1.82) is 0 Å². The van der Waals surface area contributed by atoms with Gasteiger partial charge >= 0.3 is 0 Å². The van der Waals surface area contributed by atoms with Crippen molar-refractivity contribution in [2.24, 2.45) is 0 Å². The van der Waals surface area contributed by atoms with Crippen LogP contribution < -0.4 is 4.74 Å². The Hall–Kier alpha value is -6.46. The predicted octanol–water partition coefficient (Wildman–Crippen LogP) is 12.6. The zero-order valence-electron chi connectivity index (χ0n) is 31.3. The Morgan fingerprint density at radius 2 is 1.30 bits per heavy atom. The van der Waals surface area contributed by atoms with Gasteiger partial charge in [-0.05, 0) is 87.8 Å². The van der Waals surface area contributed by atoms with Gasteiger partial charge in [-0.15, -0.1) is 0 Å². The monoisotopic (exact) mass is 702 g/mol. The first-order valence-electron chi connectivity index (χ1n) is 18.6. The van der Waals surface area contributed by atoms with Gasteiger partial charge in [0.25, 0.3) is 0 Å². The molecule has 3 heterocycles. The van der Waals surface area contributed by atoms with Crippen LogP contribution in [0.3, 0.4) is 0 Å². The van der Waals surface area contributed by atoms with Gasteiger partial charge in [0.15, 0.2) is 0 Å². The highest BCUT2D eigenvalue weighted by Crippen LogP contribution is 2.40. The van der Waals surface area contributed by atoms with Gasteiger partial charge in [-0.25, -0.2) is 9.67 Å². The van der Waals surface area contributed by atoms with E-state index in [1.54, 1.807) is 0 Å². The summed E-state index contributed by atoms with van der Waals surface area (Å²) in [5.41, 5.74) is 9.65. The number of benzene rings is 6. The van der Waals surface area contributed by atoms with Gasteiger partial charge in [0, 0.05) is 46.1 Å². The number of fused-ring (bicyclic) bond motifs is 4. The fourth-order valence-corrected chi connectivity index (χ4v) is 7.52. The molecule has 0 fully saturated rings. The van der Waals surface area contributed by atoms with Crippen LogP contribution in [0.15, 0.2) is 164 Å². The zero-order valence-corrected chi connectivity index (χ0v) is 31.3. The van der Waals surface area contributed by atoms with E-state index < -0.39 is 0 Å². The molecule has 54 heavy (non-hydrogen) atoms. The quantitative estimate of drug-likeness (QED) is 0.166. The molecule has 9 rings (SSSR count). The van der Waals surface area contributed by atoms with Crippen molar-refractivity contribution >= 4 is 32.7 Å². The molecule has 0 N–H and O–H groups in total. The summed E-state index contributed by atoms with van der Waals surface area (Å²) in [6.45, 7) is 11.2. The normalized spacial score (nSPS) is 12.2. The Labute approximate surface area is 316 Å². The van der Waals surface area contributed by atoms with Crippen molar-refractivity contribution in [3.05, 3.63) is 181 Å². The fraction of sp³-hybridized carbons (Fsp3) is 0.143. The molecule has 5 nitrogen and oxygen atoms in total. The van der Waals surface area contributed by atoms with Crippen molar-refractivity contribution in [3.63, 3.8) is 0 Å². The Kier molecular flexibility index (Phi) is 7.97. The second-order valence-corrected chi connectivity index (χ2v) is 15.7. The molecule has 3 aromatic heterocycles. The van der Waals surface area contributed by atoms with Gasteiger partial charge in [-0.2, -0.15) is 5.10 Å². The summed E-state index contributed by atoms with van der Waals surface area (Å²) in [5, 5.41) is 8.34. The molecular formula is C49H42N4O. The van der Waals surface area contributed by atoms with E-state index in [-0.39, 0.29) is 10.8 Å². The first-order valence-corrected chi connectivity index (χ1v) is 18.6. The van der Waals surface area contributed by atoms with Gasteiger partial charge < -0.3 is 4.74 Å². The molecule has 6 aromatic carbocycles. The molecule has 0 amide bonds. The summed E-state index contributed by atoms with van der Waals surface area (Å²) in [6, 6.07) is 53.4. The molecule has 0 bridgehead atoms. The van der Waals surface area contributed by atoms with Gasteiger partial charge in [-0.1, -0.05) is 120 Å². The van der Waals surface area contributed by atoms with Crippen molar-refractivity contribution < 1.29 is 4.74 Å². The average Bonchev–Trinajstić information content (AvgIpc) is 3.77. The molecule has 0 atom stereocenters. The topological polar surface area (TPSA) is 44.9 Å². The van der Waals surface area contributed by atoms with Gasteiger partial charge in [-0.3, -0.25) is 4.57 Å². The molecule has 0 aliphatic rings. The van der Waals surface area contributed by atoms with Crippen LogP contribution in [-0.4, -0.2) is 19.3 Å². The average molecular weight is 703 g/mol. The van der Waals surface area contributed by atoms with Gasteiger partial charge in [0.1, 0.15) is 17.3 Å². The number of hydrogen-bond donors (Lipinski definition) is 0. The maximum Gasteiger partial charge on any atom is 0.137 e. The Balaban J connectivity index is 1.21. The van der Waals surface area contributed by atoms with E-state index in [0.29, 0.717) is 0 Å². The maximum absolute atomic E-state index is 6.88. The molecule has 264 valence electrons. The molecule has 0 aliphatic carbocycles. The van der Waals surface area contributed by atoms with E-state index in [1.807, 2.05) is 29.1 Å². The van der Waals surface area contributed by atoms with Crippen molar-refractivity contribution in [2.75, 3.05) is 0 Å². The van der Waals surface area contributed by atoms with Crippen molar-refractivity contribution in [3.8, 4) is 34.1 Å². The third-order valence-electron chi connectivity index (χ3n) is 10.7. The lowest BCUT2D eigenvalue weighted by molar-refractivity contribution is 0.480. The lowest BCUT2D eigenvalue weighted by Gasteiger charge is -2.27. The van der Waals surface area contributed by atoms with Crippen LogP contribution in [0.1, 0.15) is 51.3 Å². The van der Waals surface area contributed by atoms with E-state index in [0.717, 1.165) is 55.9 Å². The number of nitrogens with zero attached hydrogens (tertiary/aromatic N) is 4. The smallest absolute Gasteiger partial charge is 0.137 e. The number of hydrogen-bond acceptors (Lipinski definition) is 3. The molecule has 0 radical (unpaired) electrons. The maximum atomic E-state index is 6.88. The van der Waals surface area contributed by atoms with E-state index in [1.165, 1.54) is 27.6 Å². The third-order valence-corrected chi connectivity index (χ3v) is 10.7. The summed E-state index contributed by atoms with van der Waals surface area (Å²) >= 11 is 0. The van der Waals surface area contributed by atoms with E-state index >= 15 is 0 Å². The van der Waals surface area contributed by atoms with E-state index in [9.17, 15) is 0 Å². The van der Waals surface area contributed by atoms with Crippen LogP contribution >= 0.6 is 0 Å². The molecule has 0 unspecified atom stereocenters. The highest BCUT2D eigenvalue weighted by Gasteiger charge is 2.25. The number of pyridine rings is 1. The molecule has 0 aliphatic heterocycles. The SMILES string of the molecule is CC(C)(C)c1ccnc(-n2c3ccc(-c4ccccc4)cc3c3ccc(Oc4cc(-n5cc6ccccc6n5)cc(C(C)(C)c5ccccc5)c4)cc32)c1. The Bertz CT molecular complexity index is 2770. The minimum absolute atomic E-state index is 0.0259.